The molecule has 1 amide bonds. The molecule has 1 aromatic heterocycles. The molecule has 1 aliphatic rings. The molecule has 2 heterocycles. The lowest BCUT2D eigenvalue weighted by Crippen LogP contribution is -2.31. The Kier molecular flexibility index (Phi) is 7.77. The number of ether oxygens (including phenoxy) is 1. The first kappa shape index (κ1) is 27.2. The Hall–Kier alpha value is -4.34. The number of imidazole rings is 1. The first-order valence-corrected chi connectivity index (χ1v) is 12.8. The fraction of sp³-hybridized carbons (Fsp3) is 0.103. The first-order valence-electron chi connectivity index (χ1n) is 12.1. The molecule has 0 saturated carbocycles. The first-order chi connectivity index (χ1) is 19.2. The van der Waals surface area contributed by atoms with E-state index in [1.807, 2.05) is 30.3 Å². The van der Waals surface area contributed by atoms with E-state index >= 15 is 0 Å². The van der Waals surface area contributed by atoms with Gasteiger partial charge in [0, 0.05) is 35.0 Å². The van der Waals surface area contributed by atoms with Gasteiger partial charge in [0.25, 0.3) is 0 Å². The van der Waals surface area contributed by atoms with E-state index in [0.29, 0.717) is 40.5 Å². The van der Waals surface area contributed by atoms with Crippen LogP contribution < -0.4 is 10.6 Å². The molecule has 5 rings (SSSR count). The number of rotatable bonds is 7. The van der Waals surface area contributed by atoms with E-state index in [1.165, 1.54) is 6.08 Å². The maximum absolute atomic E-state index is 14.2. The number of aromatic nitrogens is 2. The van der Waals surface area contributed by atoms with Gasteiger partial charge in [-0.3, -0.25) is 0 Å². The molecule has 11 heteroatoms. The van der Waals surface area contributed by atoms with Gasteiger partial charge in [0.15, 0.2) is 5.82 Å². The van der Waals surface area contributed by atoms with Crippen LogP contribution in [-0.4, -0.2) is 21.2 Å². The number of aliphatic hydroxyl groups excluding tert-OH is 1. The number of benzene rings is 3. The number of carbonyl (C=O) groups excluding carboxylic acids is 1. The van der Waals surface area contributed by atoms with Gasteiger partial charge >= 0.3 is 6.09 Å². The Labute approximate surface area is 238 Å². The third-order valence-corrected chi connectivity index (χ3v) is 6.81. The number of carbonyl (C=O) groups is 1. The number of nitrogens with one attached hydrogen (secondary N) is 3. The van der Waals surface area contributed by atoms with E-state index in [9.17, 15) is 18.7 Å². The molecule has 0 bridgehead atoms. The SMILES string of the molecule is C=C1C=C(O)c2cc(-c3nc([C@H](Cc4ccccc4)NC(=O)OCc4c(F)ccc(Cl)c4F)[nH]c3Cl)ccc2N1. The predicted octanol–water partition coefficient (Wildman–Crippen LogP) is 7.71. The molecule has 40 heavy (non-hydrogen) atoms. The molecule has 204 valence electrons. The van der Waals surface area contributed by atoms with Crippen molar-refractivity contribution in [3.05, 3.63) is 123 Å². The summed E-state index contributed by atoms with van der Waals surface area (Å²) in [7, 11) is 0. The number of alkyl carbamates (subject to hydrolysis) is 1. The number of anilines is 1. The normalized spacial score (nSPS) is 13.2. The number of allylic oxidation sites excluding steroid dienone is 1. The summed E-state index contributed by atoms with van der Waals surface area (Å²) in [6, 6.07) is 15.9. The summed E-state index contributed by atoms with van der Waals surface area (Å²) < 4.78 is 33.5. The molecule has 1 atom stereocenters. The van der Waals surface area contributed by atoms with Crippen molar-refractivity contribution in [2.45, 2.75) is 19.1 Å². The monoisotopic (exact) mass is 582 g/mol. The van der Waals surface area contributed by atoms with Crippen LogP contribution in [0.15, 0.2) is 79.0 Å². The second kappa shape index (κ2) is 11.4. The molecule has 3 aromatic carbocycles. The molecule has 0 aliphatic carbocycles. The van der Waals surface area contributed by atoms with Crippen molar-refractivity contribution in [1.82, 2.24) is 15.3 Å². The zero-order valence-electron chi connectivity index (χ0n) is 20.8. The average Bonchev–Trinajstić information content (AvgIpc) is 3.32. The molecule has 0 fully saturated rings. The summed E-state index contributed by atoms with van der Waals surface area (Å²) in [6.45, 7) is 3.14. The molecular weight excluding hydrogens is 561 g/mol. The highest BCUT2D eigenvalue weighted by atomic mass is 35.5. The van der Waals surface area contributed by atoms with Gasteiger partial charge in [-0.2, -0.15) is 0 Å². The van der Waals surface area contributed by atoms with Gasteiger partial charge in [0.05, 0.1) is 16.6 Å². The van der Waals surface area contributed by atoms with Gasteiger partial charge in [0.2, 0.25) is 0 Å². The molecule has 0 radical (unpaired) electrons. The number of halogens is 4. The number of hydrogen-bond donors (Lipinski definition) is 4. The summed E-state index contributed by atoms with van der Waals surface area (Å²) in [4.78, 5) is 20.4. The maximum atomic E-state index is 14.2. The second-order valence-electron chi connectivity index (χ2n) is 9.01. The van der Waals surface area contributed by atoms with Gasteiger partial charge in [-0.05, 0) is 29.8 Å². The summed E-state index contributed by atoms with van der Waals surface area (Å²) in [5.74, 6) is -1.51. The minimum Gasteiger partial charge on any atom is -0.507 e. The van der Waals surface area contributed by atoms with Crippen molar-refractivity contribution < 1.29 is 23.4 Å². The van der Waals surface area contributed by atoms with Crippen molar-refractivity contribution in [1.29, 1.82) is 0 Å². The number of aromatic amines is 1. The molecule has 1 aliphatic heterocycles. The maximum Gasteiger partial charge on any atom is 0.408 e. The van der Waals surface area contributed by atoms with E-state index < -0.39 is 35.9 Å². The molecule has 0 unspecified atom stereocenters. The minimum atomic E-state index is -0.997. The Balaban J connectivity index is 1.40. The lowest BCUT2D eigenvalue weighted by Gasteiger charge is -2.18. The van der Waals surface area contributed by atoms with Crippen LogP contribution in [0.1, 0.15) is 28.6 Å². The highest BCUT2D eigenvalue weighted by Crippen LogP contribution is 2.35. The highest BCUT2D eigenvalue weighted by molar-refractivity contribution is 6.32. The van der Waals surface area contributed by atoms with Crippen LogP contribution >= 0.6 is 23.2 Å². The van der Waals surface area contributed by atoms with Crippen molar-refractivity contribution in [2.24, 2.45) is 0 Å². The van der Waals surface area contributed by atoms with Gasteiger partial charge in [0.1, 0.15) is 34.9 Å². The predicted molar refractivity (Wildman–Crippen MR) is 150 cm³/mol. The lowest BCUT2D eigenvalue weighted by molar-refractivity contribution is 0.132. The Morgan fingerprint density at radius 3 is 2.67 bits per heavy atom. The standard InChI is InChI=1S/C29H22Cl2F2N4O3/c1-15-11-24(38)18-13-17(7-10-22(18)34-15)26-27(31)37-28(36-26)23(12-16-5-3-2-4-6-16)35-29(39)40-14-19-21(32)9-8-20(30)25(19)33/h2-11,13,23,34,38H,1,12,14H2,(H,35,39)(H,36,37)/t23-/m0/s1. The van der Waals surface area contributed by atoms with E-state index in [-0.39, 0.29) is 15.9 Å². The molecule has 0 spiro atoms. The molecule has 4 aromatic rings. The second-order valence-corrected chi connectivity index (χ2v) is 9.79. The quantitative estimate of drug-likeness (QED) is 0.167. The van der Waals surface area contributed by atoms with E-state index in [0.717, 1.165) is 17.7 Å². The molecule has 4 N–H and O–H groups in total. The van der Waals surface area contributed by atoms with Gasteiger partial charge < -0.3 is 25.5 Å². The largest absolute Gasteiger partial charge is 0.507 e. The summed E-state index contributed by atoms with van der Waals surface area (Å²) in [5.41, 5.74) is 3.22. The average molecular weight is 583 g/mol. The minimum absolute atomic E-state index is 0.0476. The lowest BCUT2D eigenvalue weighted by atomic mass is 10.0. The van der Waals surface area contributed by atoms with Gasteiger partial charge in [-0.1, -0.05) is 66.2 Å². The van der Waals surface area contributed by atoms with Gasteiger partial charge in [-0.25, -0.2) is 18.6 Å². The number of aliphatic hydroxyl groups is 1. The highest BCUT2D eigenvalue weighted by Gasteiger charge is 2.24. The fourth-order valence-corrected chi connectivity index (χ4v) is 4.70. The van der Waals surface area contributed by atoms with E-state index in [2.05, 4.69) is 27.2 Å². The van der Waals surface area contributed by atoms with Crippen LogP contribution in [0.3, 0.4) is 0 Å². The number of amides is 1. The topological polar surface area (TPSA) is 99.3 Å². The van der Waals surface area contributed by atoms with Crippen LogP contribution in [0.4, 0.5) is 19.3 Å². The molecule has 7 nitrogen and oxygen atoms in total. The summed E-state index contributed by atoms with van der Waals surface area (Å²) in [5, 5.41) is 16.1. The Morgan fingerprint density at radius 1 is 1.12 bits per heavy atom. The van der Waals surface area contributed by atoms with Crippen LogP contribution in [0.2, 0.25) is 10.2 Å². The Morgan fingerprint density at radius 2 is 1.90 bits per heavy atom. The third kappa shape index (κ3) is 5.80. The number of nitrogens with zero attached hydrogens (tertiary/aromatic N) is 1. The number of H-pyrrole nitrogens is 1. The van der Waals surface area contributed by atoms with Crippen LogP contribution in [0.25, 0.3) is 17.0 Å². The number of fused-ring (bicyclic) bond motifs is 1. The van der Waals surface area contributed by atoms with Crippen LogP contribution in [0.5, 0.6) is 0 Å². The summed E-state index contributed by atoms with van der Waals surface area (Å²) >= 11 is 12.3. The fourth-order valence-electron chi connectivity index (χ4n) is 4.28. The zero-order valence-corrected chi connectivity index (χ0v) is 22.3. The smallest absolute Gasteiger partial charge is 0.408 e. The van der Waals surface area contributed by atoms with Crippen LogP contribution in [-0.2, 0) is 17.8 Å². The van der Waals surface area contributed by atoms with Crippen LogP contribution in [0, 0.1) is 11.6 Å². The third-order valence-electron chi connectivity index (χ3n) is 6.24. The van der Waals surface area contributed by atoms with Crippen molar-refractivity contribution in [3.63, 3.8) is 0 Å². The number of hydrogen-bond acceptors (Lipinski definition) is 5. The summed E-state index contributed by atoms with van der Waals surface area (Å²) in [6.07, 6.45) is 0.888. The van der Waals surface area contributed by atoms with Crippen molar-refractivity contribution in [3.8, 4) is 11.3 Å². The van der Waals surface area contributed by atoms with E-state index in [1.54, 1.807) is 18.2 Å². The van der Waals surface area contributed by atoms with E-state index in [4.69, 9.17) is 27.9 Å². The zero-order chi connectivity index (χ0) is 28.4. The Bertz CT molecular complexity index is 1640. The van der Waals surface area contributed by atoms with Gasteiger partial charge in [-0.15, -0.1) is 0 Å². The van der Waals surface area contributed by atoms with Crippen molar-refractivity contribution >= 4 is 40.7 Å². The molecule has 0 saturated heterocycles. The van der Waals surface area contributed by atoms with Crippen molar-refractivity contribution in [2.75, 3.05) is 5.32 Å². The molecular formula is C29H22Cl2F2N4O3.